The first-order valence-electron chi connectivity index (χ1n) is 8.66. The second-order valence-electron chi connectivity index (χ2n) is 6.03. The molecule has 0 aliphatic rings. The Labute approximate surface area is 168 Å². The Morgan fingerprint density at radius 3 is 2.44 bits per heavy atom. The van der Waals surface area contributed by atoms with Crippen molar-refractivity contribution in [2.45, 2.75) is 4.90 Å². The normalized spacial score (nSPS) is 12.0. The van der Waals surface area contributed by atoms with Gasteiger partial charge in [0.1, 0.15) is 0 Å². The number of fused-ring (bicyclic) bond motifs is 1. The first-order chi connectivity index (χ1) is 13.1. The van der Waals surface area contributed by atoms with Gasteiger partial charge < -0.3 is 5.32 Å². The van der Waals surface area contributed by atoms with Crippen LogP contribution in [0.4, 0.5) is 0 Å². The molecule has 0 aliphatic heterocycles. The molecule has 27 heavy (non-hydrogen) atoms. The van der Waals surface area contributed by atoms with E-state index in [1.165, 1.54) is 0 Å². The van der Waals surface area contributed by atoms with E-state index in [0.717, 1.165) is 20.8 Å². The molecule has 0 spiro atoms. The first kappa shape index (κ1) is 19.8. The second-order valence-corrected chi connectivity index (χ2v) is 8.68. The fraction of sp³-hybridized carbons (Fsp3) is 0.143. The number of sulfonamides is 1. The predicted octanol–water partition coefficient (Wildman–Crippen LogP) is 4.18. The molecule has 0 radical (unpaired) electrons. The van der Waals surface area contributed by atoms with Gasteiger partial charge in [-0.25, -0.2) is 13.1 Å². The Morgan fingerprint density at radius 2 is 1.63 bits per heavy atom. The van der Waals surface area contributed by atoms with Crippen molar-refractivity contribution in [1.29, 1.82) is 0 Å². The van der Waals surface area contributed by atoms with Crippen LogP contribution in [0.5, 0.6) is 0 Å². The standard InChI is InChI=1S/C21H21BrN2O2S/c22-19-12-10-17(11-13-19)5-4-14-23-15-16-24-27(25,26)21-9-3-7-18-6-1-2-8-20(18)21/h1-13,23-24H,14-16H2/b5-4+. The molecule has 4 nitrogen and oxygen atoms in total. The van der Waals surface area contributed by atoms with Crippen molar-refractivity contribution in [3.05, 3.63) is 82.8 Å². The van der Waals surface area contributed by atoms with Gasteiger partial charge in [0.05, 0.1) is 4.90 Å². The van der Waals surface area contributed by atoms with E-state index in [2.05, 4.69) is 26.0 Å². The molecule has 0 bridgehead atoms. The summed E-state index contributed by atoms with van der Waals surface area (Å²) in [4.78, 5) is 0.315. The van der Waals surface area contributed by atoms with Crippen LogP contribution in [-0.2, 0) is 10.0 Å². The van der Waals surface area contributed by atoms with Crippen molar-refractivity contribution >= 4 is 42.8 Å². The van der Waals surface area contributed by atoms with Crippen molar-refractivity contribution in [3.63, 3.8) is 0 Å². The maximum atomic E-state index is 12.6. The van der Waals surface area contributed by atoms with Crippen LogP contribution in [0.2, 0.25) is 0 Å². The van der Waals surface area contributed by atoms with Crippen LogP contribution in [0, 0.1) is 0 Å². The number of rotatable bonds is 8. The molecule has 0 unspecified atom stereocenters. The highest BCUT2D eigenvalue weighted by molar-refractivity contribution is 9.10. The zero-order valence-electron chi connectivity index (χ0n) is 14.7. The van der Waals surface area contributed by atoms with Crippen LogP contribution in [0.3, 0.4) is 0 Å². The lowest BCUT2D eigenvalue weighted by Crippen LogP contribution is -2.32. The summed E-state index contributed by atoms with van der Waals surface area (Å²) >= 11 is 3.41. The lowest BCUT2D eigenvalue weighted by molar-refractivity contribution is 0.579. The SMILES string of the molecule is O=S(=O)(NCCNC/C=C/c1ccc(Br)cc1)c1cccc2ccccc12. The number of hydrogen-bond acceptors (Lipinski definition) is 3. The maximum absolute atomic E-state index is 12.6. The predicted molar refractivity (Wildman–Crippen MR) is 115 cm³/mol. The highest BCUT2D eigenvalue weighted by Crippen LogP contribution is 2.22. The summed E-state index contributed by atoms with van der Waals surface area (Å²) in [5, 5.41) is 4.85. The van der Waals surface area contributed by atoms with Crippen molar-refractivity contribution in [2.75, 3.05) is 19.6 Å². The van der Waals surface area contributed by atoms with Crippen LogP contribution < -0.4 is 10.0 Å². The molecule has 0 atom stereocenters. The van der Waals surface area contributed by atoms with Gasteiger partial charge in [-0.2, -0.15) is 0 Å². The smallest absolute Gasteiger partial charge is 0.241 e. The minimum Gasteiger partial charge on any atom is -0.312 e. The molecule has 3 aromatic rings. The van der Waals surface area contributed by atoms with E-state index >= 15 is 0 Å². The average molecular weight is 445 g/mol. The fourth-order valence-corrected chi connectivity index (χ4v) is 4.26. The number of nitrogens with one attached hydrogen (secondary N) is 2. The van der Waals surface area contributed by atoms with E-state index in [9.17, 15) is 8.42 Å². The monoisotopic (exact) mass is 444 g/mol. The van der Waals surface area contributed by atoms with Crippen LogP contribution in [-0.4, -0.2) is 28.1 Å². The van der Waals surface area contributed by atoms with Crippen LogP contribution >= 0.6 is 15.9 Å². The Bertz CT molecular complexity index is 1030. The molecule has 2 N–H and O–H groups in total. The van der Waals surface area contributed by atoms with Gasteiger partial charge in [-0.05, 0) is 29.1 Å². The molecule has 3 rings (SSSR count). The fourth-order valence-electron chi connectivity index (χ4n) is 2.74. The number of benzene rings is 3. The lowest BCUT2D eigenvalue weighted by atomic mass is 10.1. The molecule has 0 aliphatic carbocycles. The van der Waals surface area contributed by atoms with E-state index in [4.69, 9.17) is 0 Å². The lowest BCUT2D eigenvalue weighted by Gasteiger charge is -2.09. The van der Waals surface area contributed by atoms with Gasteiger partial charge in [-0.15, -0.1) is 0 Å². The Kier molecular flexibility index (Phi) is 6.79. The largest absolute Gasteiger partial charge is 0.312 e. The van der Waals surface area contributed by atoms with E-state index in [0.29, 0.717) is 24.5 Å². The molecule has 0 fully saturated rings. The topological polar surface area (TPSA) is 58.2 Å². The van der Waals surface area contributed by atoms with Crippen LogP contribution in [0.15, 0.2) is 82.2 Å². The minimum atomic E-state index is -3.54. The summed E-state index contributed by atoms with van der Waals surface area (Å²) in [5.41, 5.74) is 1.12. The van der Waals surface area contributed by atoms with Gasteiger partial charge in [0, 0.05) is 29.5 Å². The average Bonchev–Trinajstić information content (AvgIpc) is 2.68. The third-order valence-electron chi connectivity index (χ3n) is 4.08. The molecular formula is C21H21BrN2O2S. The number of hydrogen-bond donors (Lipinski definition) is 2. The molecule has 0 saturated heterocycles. The van der Waals surface area contributed by atoms with E-state index < -0.39 is 10.0 Å². The molecule has 3 aromatic carbocycles. The summed E-state index contributed by atoms with van der Waals surface area (Å²) in [5.74, 6) is 0. The van der Waals surface area contributed by atoms with Crippen molar-refractivity contribution in [2.24, 2.45) is 0 Å². The molecule has 0 heterocycles. The summed E-state index contributed by atoms with van der Waals surface area (Å²) in [6.45, 7) is 1.55. The van der Waals surface area contributed by atoms with Crippen LogP contribution in [0.1, 0.15) is 5.56 Å². The quantitative estimate of drug-likeness (QED) is 0.512. The van der Waals surface area contributed by atoms with Gasteiger partial charge in [0.2, 0.25) is 10.0 Å². The third kappa shape index (κ3) is 5.49. The third-order valence-corrected chi connectivity index (χ3v) is 6.12. The van der Waals surface area contributed by atoms with Gasteiger partial charge in [-0.3, -0.25) is 0 Å². The van der Waals surface area contributed by atoms with Gasteiger partial charge >= 0.3 is 0 Å². The van der Waals surface area contributed by atoms with Gasteiger partial charge in [-0.1, -0.05) is 76.6 Å². The molecule has 6 heteroatoms. The molecule has 140 valence electrons. The molecule has 0 amide bonds. The minimum absolute atomic E-state index is 0.315. The Hall–Kier alpha value is -1.99. The summed E-state index contributed by atoms with van der Waals surface area (Å²) < 4.78 is 28.9. The summed E-state index contributed by atoms with van der Waals surface area (Å²) in [7, 11) is -3.54. The first-order valence-corrected chi connectivity index (χ1v) is 10.9. The second kappa shape index (κ2) is 9.28. The number of halogens is 1. The highest BCUT2D eigenvalue weighted by Gasteiger charge is 2.15. The van der Waals surface area contributed by atoms with Crippen molar-refractivity contribution in [3.8, 4) is 0 Å². The summed E-state index contributed by atoms with van der Waals surface area (Å²) in [6.07, 6.45) is 4.04. The molecule has 0 saturated carbocycles. The van der Waals surface area contributed by atoms with E-state index in [1.54, 1.807) is 12.1 Å². The van der Waals surface area contributed by atoms with E-state index in [-0.39, 0.29) is 0 Å². The van der Waals surface area contributed by atoms with Gasteiger partial charge in [0.15, 0.2) is 0 Å². The maximum Gasteiger partial charge on any atom is 0.241 e. The van der Waals surface area contributed by atoms with Crippen molar-refractivity contribution in [1.82, 2.24) is 10.0 Å². The molecular weight excluding hydrogens is 424 g/mol. The highest BCUT2D eigenvalue weighted by atomic mass is 79.9. The Morgan fingerprint density at radius 1 is 0.889 bits per heavy atom. The van der Waals surface area contributed by atoms with Gasteiger partial charge in [0.25, 0.3) is 0 Å². The van der Waals surface area contributed by atoms with E-state index in [1.807, 2.05) is 66.7 Å². The van der Waals surface area contributed by atoms with Crippen molar-refractivity contribution < 1.29 is 8.42 Å². The zero-order valence-corrected chi connectivity index (χ0v) is 17.1. The summed E-state index contributed by atoms with van der Waals surface area (Å²) in [6, 6.07) is 20.8. The molecule has 0 aromatic heterocycles. The Balaban J connectivity index is 1.49. The zero-order chi connectivity index (χ0) is 19.1. The van der Waals surface area contributed by atoms with Crippen LogP contribution in [0.25, 0.3) is 16.8 Å².